The predicted molar refractivity (Wildman–Crippen MR) is 71.8 cm³/mol. The van der Waals surface area contributed by atoms with E-state index in [4.69, 9.17) is 10.5 Å². The minimum absolute atomic E-state index is 0.0887. The number of nitrogens with two attached hydrogens (primary N) is 1. The number of rotatable bonds is 4. The second kappa shape index (κ2) is 6.25. The van der Waals surface area contributed by atoms with Crippen molar-refractivity contribution in [1.82, 2.24) is 0 Å². The zero-order valence-corrected chi connectivity index (χ0v) is 11.5. The van der Waals surface area contributed by atoms with Crippen LogP contribution in [0.5, 0.6) is 0 Å². The van der Waals surface area contributed by atoms with Crippen molar-refractivity contribution in [2.45, 2.75) is 23.8 Å². The molecular weight excluding hydrogens is 269 g/mol. The van der Waals surface area contributed by atoms with Gasteiger partial charge in [-0.1, -0.05) is 0 Å². The molecule has 1 aromatic rings. The van der Waals surface area contributed by atoms with Crippen molar-refractivity contribution in [3.8, 4) is 0 Å². The van der Waals surface area contributed by atoms with Crippen LogP contribution in [0.3, 0.4) is 0 Å². The van der Waals surface area contributed by atoms with Gasteiger partial charge in [-0.3, -0.25) is 0 Å². The maximum absolute atomic E-state index is 13.8. The van der Waals surface area contributed by atoms with Crippen molar-refractivity contribution in [3.05, 3.63) is 23.5 Å². The van der Waals surface area contributed by atoms with Crippen LogP contribution in [0, 0.1) is 5.82 Å². The molecule has 1 aliphatic rings. The smallest absolute Gasteiger partial charge is 0.339 e. The summed E-state index contributed by atoms with van der Waals surface area (Å²) in [6, 6.07) is 2.60. The molecule has 1 aliphatic heterocycles. The number of carbonyl (C=O) groups is 1. The molecule has 1 aromatic carbocycles. The van der Waals surface area contributed by atoms with Crippen molar-refractivity contribution < 1.29 is 18.7 Å². The van der Waals surface area contributed by atoms with E-state index in [1.807, 2.05) is 0 Å². The second-order valence-electron chi connectivity index (χ2n) is 4.31. The maximum Gasteiger partial charge on any atom is 0.339 e. The molecule has 0 radical (unpaired) electrons. The molecule has 0 saturated carbocycles. The largest absolute Gasteiger partial charge is 0.465 e. The van der Waals surface area contributed by atoms with E-state index in [9.17, 15) is 9.18 Å². The molecule has 1 unspecified atom stereocenters. The van der Waals surface area contributed by atoms with Gasteiger partial charge in [-0.15, -0.1) is 11.8 Å². The Kier molecular flexibility index (Phi) is 4.66. The molecule has 0 aromatic heterocycles. The first-order chi connectivity index (χ1) is 9.11. The third-order valence-electron chi connectivity index (χ3n) is 2.96. The number of benzene rings is 1. The molecule has 4 nitrogen and oxygen atoms in total. The van der Waals surface area contributed by atoms with E-state index < -0.39 is 11.8 Å². The van der Waals surface area contributed by atoms with Gasteiger partial charge in [-0.2, -0.15) is 0 Å². The minimum Gasteiger partial charge on any atom is -0.465 e. The van der Waals surface area contributed by atoms with Crippen LogP contribution < -0.4 is 5.73 Å². The van der Waals surface area contributed by atoms with Crippen molar-refractivity contribution in [2.75, 3.05) is 25.2 Å². The number of ether oxygens (including phenoxy) is 2. The standard InChI is InChI=1S/C13H16FNO3S/c1-17-13(16)9-5-12(10(14)6-11(9)15)19-7-8-3-2-4-18-8/h5-6,8H,2-4,7,15H2,1H3. The molecule has 1 fully saturated rings. The van der Waals surface area contributed by atoms with Gasteiger partial charge in [-0.25, -0.2) is 9.18 Å². The van der Waals surface area contributed by atoms with Crippen molar-refractivity contribution >= 4 is 23.4 Å². The molecule has 2 N–H and O–H groups in total. The number of hydrogen-bond acceptors (Lipinski definition) is 5. The lowest BCUT2D eigenvalue weighted by molar-refractivity contribution is 0.0601. The highest BCUT2D eigenvalue weighted by Crippen LogP contribution is 2.29. The van der Waals surface area contributed by atoms with Gasteiger partial charge in [0.15, 0.2) is 0 Å². The summed E-state index contributed by atoms with van der Waals surface area (Å²) in [5, 5.41) is 0. The van der Waals surface area contributed by atoms with Gasteiger partial charge >= 0.3 is 5.97 Å². The molecule has 0 aliphatic carbocycles. The maximum atomic E-state index is 13.8. The Morgan fingerprint density at radius 3 is 3.05 bits per heavy atom. The Labute approximate surface area is 115 Å². The second-order valence-corrected chi connectivity index (χ2v) is 5.37. The van der Waals surface area contributed by atoms with Crippen LogP contribution in [0.25, 0.3) is 0 Å². The van der Waals surface area contributed by atoms with E-state index in [-0.39, 0.29) is 17.4 Å². The molecule has 6 heteroatoms. The van der Waals surface area contributed by atoms with Crippen molar-refractivity contribution in [2.24, 2.45) is 0 Å². The van der Waals surface area contributed by atoms with Gasteiger partial charge < -0.3 is 15.2 Å². The van der Waals surface area contributed by atoms with Gasteiger partial charge in [-0.05, 0) is 25.0 Å². The lowest BCUT2D eigenvalue weighted by Crippen LogP contribution is -2.09. The Balaban J connectivity index is 2.12. The van der Waals surface area contributed by atoms with E-state index in [0.717, 1.165) is 25.5 Å². The first kappa shape index (κ1) is 14.1. The molecule has 0 bridgehead atoms. The minimum atomic E-state index is -0.559. The van der Waals surface area contributed by atoms with E-state index in [0.29, 0.717) is 10.6 Å². The molecule has 1 atom stereocenters. The lowest BCUT2D eigenvalue weighted by atomic mass is 10.2. The summed E-state index contributed by atoms with van der Waals surface area (Å²) < 4.78 is 23.9. The molecule has 0 amide bonds. The summed E-state index contributed by atoms with van der Waals surface area (Å²) in [4.78, 5) is 11.9. The van der Waals surface area contributed by atoms with E-state index in [1.165, 1.54) is 24.9 Å². The molecule has 2 rings (SSSR count). The van der Waals surface area contributed by atoms with E-state index in [1.54, 1.807) is 0 Å². The SMILES string of the molecule is COC(=O)c1cc(SCC2CCCO2)c(F)cc1N. The van der Waals surface area contributed by atoms with Gasteiger partial charge in [0.05, 0.1) is 18.8 Å². The van der Waals surface area contributed by atoms with Gasteiger partial charge in [0.2, 0.25) is 0 Å². The topological polar surface area (TPSA) is 61.5 Å². The summed E-state index contributed by atoms with van der Waals surface area (Å²) in [7, 11) is 1.27. The third kappa shape index (κ3) is 3.39. The van der Waals surface area contributed by atoms with Gasteiger partial charge in [0.25, 0.3) is 0 Å². The van der Waals surface area contributed by atoms with Gasteiger partial charge in [0, 0.05) is 22.9 Å². The number of hydrogen-bond donors (Lipinski definition) is 1. The van der Waals surface area contributed by atoms with Gasteiger partial charge in [0.1, 0.15) is 5.82 Å². The molecule has 1 heterocycles. The first-order valence-corrected chi connectivity index (χ1v) is 7.02. The third-order valence-corrected chi connectivity index (χ3v) is 4.12. The Morgan fingerprint density at radius 1 is 1.63 bits per heavy atom. The van der Waals surface area contributed by atoms with Crippen LogP contribution >= 0.6 is 11.8 Å². The quantitative estimate of drug-likeness (QED) is 0.523. The monoisotopic (exact) mass is 285 g/mol. The Hall–Kier alpha value is -1.27. The Morgan fingerprint density at radius 2 is 2.42 bits per heavy atom. The fraction of sp³-hybridized carbons (Fsp3) is 0.462. The number of anilines is 1. The fourth-order valence-corrected chi connectivity index (χ4v) is 2.95. The summed E-state index contributed by atoms with van der Waals surface area (Å²) in [6.45, 7) is 0.767. The molecule has 19 heavy (non-hydrogen) atoms. The normalized spacial score (nSPS) is 18.5. The number of halogens is 1. The molecule has 0 spiro atoms. The van der Waals surface area contributed by atoms with Crippen molar-refractivity contribution in [3.63, 3.8) is 0 Å². The number of methoxy groups -OCH3 is 1. The van der Waals surface area contributed by atoms with E-state index in [2.05, 4.69) is 4.74 Å². The summed E-state index contributed by atoms with van der Waals surface area (Å²) in [5.41, 5.74) is 5.89. The fourth-order valence-electron chi connectivity index (χ4n) is 1.92. The molecular formula is C13H16FNO3S. The highest BCUT2D eigenvalue weighted by atomic mass is 32.2. The van der Waals surface area contributed by atoms with Crippen LogP contribution in [-0.2, 0) is 9.47 Å². The number of carbonyl (C=O) groups excluding carboxylic acids is 1. The molecule has 1 saturated heterocycles. The van der Waals surface area contributed by atoms with Crippen LogP contribution in [-0.4, -0.2) is 31.5 Å². The van der Waals surface area contributed by atoms with Crippen LogP contribution in [0.4, 0.5) is 10.1 Å². The highest BCUT2D eigenvalue weighted by molar-refractivity contribution is 7.99. The van der Waals surface area contributed by atoms with E-state index >= 15 is 0 Å². The van der Waals surface area contributed by atoms with Crippen LogP contribution in [0.1, 0.15) is 23.2 Å². The number of thioether (sulfide) groups is 1. The summed E-state index contributed by atoms with van der Waals surface area (Å²) >= 11 is 1.33. The number of nitrogen functional groups attached to an aromatic ring is 1. The highest BCUT2D eigenvalue weighted by Gasteiger charge is 2.19. The zero-order chi connectivity index (χ0) is 13.8. The predicted octanol–water partition coefficient (Wildman–Crippen LogP) is 2.47. The average molecular weight is 285 g/mol. The summed E-state index contributed by atoms with van der Waals surface area (Å²) in [5.74, 6) is -0.314. The lowest BCUT2D eigenvalue weighted by Gasteiger charge is -2.11. The average Bonchev–Trinajstić information content (AvgIpc) is 2.90. The zero-order valence-electron chi connectivity index (χ0n) is 10.6. The first-order valence-electron chi connectivity index (χ1n) is 6.03. The molecule has 104 valence electrons. The summed E-state index contributed by atoms with van der Waals surface area (Å²) in [6.07, 6.45) is 2.19. The number of esters is 1. The van der Waals surface area contributed by atoms with Crippen molar-refractivity contribution in [1.29, 1.82) is 0 Å². The Bertz CT molecular complexity index is 475. The van der Waals surface area contributed by atoms with Crippen LogP contribution in [0.2, 0.25) is 0 Å². The van der Waals surface area contributed by atoms with Crippen LogP contribution in [0.15, 0.2) is 17.0 Å².